The lowest BCUT2D eigenvalue weighted by Gasteiger charge is -2.27. The Morgan fingerprint density at radius 1 is 0.833 bits per heavy atom. The van der Waals surface area contributed by atoms with E-state index in [9.17, 15) is 9.59 Å². The molecule has 2 heterocycles. The van der Waals surface area contributed by atoms with Crippen LogP contribution in [0.25, 0.3) is 6.08 Å². The molecular formula is C28H24O8. The maximum atomic E-state index is 13.2. The van der Waals surface area contributed by atoms with Gasteiger partial charge in [0.1, 0.15) is 17.2 Å². The molecule has 184 valence electrons. The van der Waals surface area contributed by atoms with Crippen molar-refractivity contribution in [2.24, 2.45) is 0 Å². The summed E-state index contributed by atoms with van der Waals surface area (Å²) in [5.74, 6) is 1.88. The van der Waals surface area contributed by atoms with Crippen LogP contribution in [0.5, 0.6) is 34.5 Å². The number of hydrogen-bond acceptors (Lipinski definition) is 8. The van der Waals surface area contributed by atoms with Crippen molar-refractivity contribution in [2.75, 3.05) is 28.4 Å². The van der Waals surface area contributed by atoms with E-state index >= 15 is 0 Å². The number of benzene rings is 3. The molecule has 0 fully saturated rings. The molecule has 0 bridgehead atoms. The molecule has 36 heavy (non-hydrogen) atoms. The summed E-state index contributed by atoms with van der Waals surface area (Å²) in [4.78, 5) is 25.7. The van der Waals surface area contributed by atoms with Gasteiger partial charge in [0, 0.05) is 11.5 Å². The Morgan fingerprint density at radius 3 is 2.14 bits per heavy atom. The van der Waals surface area contributed by atoms with Crippen LogP contribution in [0.15, 0.2) is 54.3 Å². The van der Waals surface area contributed by atoms with Crippen LogP contribution >= 0.6 is 0 Å². The summed E-state index contributed by atoms with van der Waals surface area (Å²) in [5, 5.41) is 0. The molecule has 0 aliphatic carbocycles. The second-order valence-corrected chi connectivity index (χ2v) is 8.26. The van der Waals surface area contributed by atoms with Gasteiger partial charge >= 0.3 is 5.97 Å². The van der Waals surface area contributed by atoms with Gasteiger partial charge < -0.3 is 28.4 Å². The van der Waals surface area contributed by atoms with E-state index < -0.39 is 5.92 Å². The summed E-state index contributed by atoms with van der Waals surface area (Å²) >= 11 is 0. The Labute approximate surface area is 207 Å². The Hall–Kier alpha value is -4.46. The number of carbonyl (C=O) groups excluding carboxylic acids is 2. The van der Waals surface area contributed by atoms with Gasteiger partial charge in [-0.25, -0.2) is 0 Å². The zero-order chi connectivity index (χ0) is 25.4. The molecule has 0 unspecified atom stereocenters. The summed E-state index contributed by atoms with van der Waals surface area (Å²) in [6, 6.07) is 14.1. The van der Waals surface area contributed by atoms with Gasteiger partial charge in [-0.3, -0.25) is 9.59 Å². The molecule has 2 aliphatic heterocycles. The number of methoxy groups -OCH3 is 4. The third-order valence-electron chi connectivity index (χ3n) is 6.28. The van der Waals surface area contributed by atoms with Crippen LogP contribution < -0.4 is 28.4 Å². The number of hydrogen-bond donors (Lipinski definition) is 0. The number of carbonyl (C=O) groups is 2. The summed E-state index contributed by atoms with van der Waals surface area (Å²) in [6.45, 7) is 0. The van der Waals surface area contributed by atoms with E-state index in [1.54, 1.807) is 49.6 Å². The van der Waals surface area contributed by atoms with E-state index in [2.05, 4.69) is 0 Å². The third-order valence-corrected chi connectivity index (χ3v) is 6.28. The van der Waals surface area contributed by atoms with E-state index in [4.69, 9.17) is 28.4 Å². The Kier molecular flexibility index (Phi) is 6.01. The summed E-state index contributed by atoms with van der Waals surface area (Å²) < 4.78 is 33.3. The lowest BCUT2D eigenvalue weighted by atomic mass is 9.84. The van der Waals surface area contributed by atoms with E-state index in [1.807, 2.05) is 12.1 Å². The first-order valence-corrected chi connectivity index (χ1v) is 11.2. The summed E-state index contributed by atoms with van der Waals surface area (Å²) in [7, 11) is 6.17. The fraction of sp³-hybridized carbons (Fsp3) is 0.214. The van der Waals surface area contributed by atoms with Crippen molar-refractivity contribution in [1.82, 2.24) is 0 Å². The average molecular weight is 488 g/mol. The normalized spacial score (nSPS) is 17.1. The average Bonchev–Trinajstić information content (AvgIpc) is 3.22. The highest BCUT2D eigenvalue weighted by Gasteiger charge is 2.39. The number of rotatable bonds is 6. The SMILES string of the molecule is COc1ccc(/C=C2/Oc3c(ccc4c3[C@@H](c3cc(OC)c(OC)c(OC)c3)CC(=O)O4)C2=O)cc1. The first-order valence-electron chi connectivity index (χ1n) is 11.2. The van der Waals surface area contributed by atoms with Gasteiger partial charge in [-0.1, -0.05) is 12.1 Å². The Morgan fingerprint density at radius 2 is 1.53 bits per heavy atom. The fourth-order valence-electron chi connectivity index (χ4n) is 4.54. The molecule has 8 heteroatoms. The number of ketones is 1. The molecule has 0 aromatic heterocycles. The van der Waals surface area contributed by atoms with Crippen molar-refractivity contribution < 1.29 is 38.0 Å². The second-order valence-electron chi connectivity index (χ2n) is 8.26. The van der Waals surface area contributed by atoms with Crippen LogP contribution in [0.3, 0.4) is 0 Å². The molecule has 3 aromatic carbocycles. The van der Waals surface area contributed by atoms with E-state index in [-0.39, 0.29) is 23.9 Å². The molecule has 8 nitrogen and oxygen atoms in total. The topological polar surface area (TPSA) is 89.5 Å². The van der Waals surface area contributed by atoms with Gasteiger partial charge in [-0.2, -0.15) is 0 Å². The van der Waals surface area contributed by atoms with Crippen LogP contribution in [0.4, 0.5) is 0 Å². The molecule has 3 aromatic rings. The fourth-order valence-corrected chi connectivity index (χ4v) is 4.54. The van der Waals surface area contributed by atoms with Gasteiger partial charge in [-0.15, -0.1) is 0 Å². The monoisotopic (exact) mass is 488 g/mol. The first-order chi connectivity index (χ1) is 17.5. The van der Waals surface area contributed by atoms with Crippen LogP contribution in [0.1, 0.15) is 39.4 Å². The molecule has 0 radical (unpaired) electrons. The molecular weight excluding hydrogens is 464 g/mol. The lowest BCUT2D eigenvalue weighted by molar-refractivity contribution is -0.135. The lowest BCUT2D eigenvalue weighted by Crippen LogP contribution is -2.21. The van der Waals surface area contributed by atoms with Crippen LogP contribution in [0.2, 0.25) is 0 Å². The van der Waals surface area contributed by atoms with Crippen LogP contribution in [-0.2, 0) is 4.79 Å². The number of Topliss-reactive ketones (excluding diaryl/α,β-unsaturated/α-hetero) is 1. The molecule has 0 N–H and O–H groups in total. The van der Waals surface area contributed by atoms with E-state index in [0.29, 0.717) is 45.6 Å². The molecule has 0 saturated carbocycles. The van der Waals surface area contributed by atoms with Gasteiger partial charge in [0.05, 0.1) is 40.4 Å². The molecule has 5 rings (SSSR count). The molecule has 1 atom stereocenters. The van der Waals surface area contributed by atoms with Gasteiger partial charge in [0.2, 0.25) is 11.5 Å². The van der Waals surface area contributed by atoms with E-state index in [1.165, 1.54) is 21.3 Å². The number of fused-ring (bicyclic) bond motifs is 3. The van der Waals surface area contributed by atoms with E-state index in [0.717, 1.165) is 11.1 Å². The van der Waals surface area contributed by atoms with Crippen molar-refractivity contribution in [3.8, 4) is 34.5 Å². The van der Waals surface area contributed by atoms with Crippen molar-refractivity contribution >= 4 is 17.8 Å². The highest BCUT2D eigenvalue weighted by molar-refractivity contribution is 6.15. The largest absolute Gasteiger partial charge is 0.497 e. The zero-order valence-corrected chi connectivity index (χ0v) is 20.2. The van der Waals surface area contributed by atoms with Crippen molar-refractivity contribution in [3.05, 3.63) is 76.5 Å². The third kappa shape index (κ3) is 3.90. The Balaban J connectivity index is 1.61. The second kappa shape index (κ2) is 9.30. The highest BCUT2D eigenvalue weighted by Crippen LogP contribution is 2.51. The maximum absolute atomic E-state index is 13.2. The predicted molar refractivity (Wildman–Crippen MR) is 131 cm³/mol. The van der Waals surface area contributed by atoms with Crippen molar-refractivity contribution in [2.45, 2.75) is 12.3 Å². The molecule has 2 aliphatic rings. The van der Waals surface area contributed by atoms with Gasteiger partial charge in [-0.05, 0) is 53.6 Å². The highest BCUT2D eigenvalue weighted by atomic mass is 16.5. The minimum absolute atomic E-state index is 0.0527. The van der Waals surface area contributed by atoms with Crippen molar-refractivity contribution in [3.63, 3.8) is 0 Å². The maximum Gasteiger partial charge on any atom is 0.312 e. The quantitative estimate of drug-likeness (QED) is 0.278. The van der Waals surface area contributed by atoms with Crippen molar-refractivity contribution in [1.29, 1.82) is 0 Å². The minimum atomic E-state index is -0.460. The molecule has 0 amide bonds. The molecule has 0 saturated heterocycles. The Bertz CT molecular complexity index is 1360. The van der Waals surface area contributed by atoms with Crippen LogP contribution in [0, 0.1) is 0 Å². The minimum Gasteiger partial charge on any atom is -0.497 e. The van der Waals surface area contributed by atoms with Crippen LogP contribution in [-0.4, -0.2) is 40.2 Å². The first kappa shape index (κ1) is 23.3. The smallest absolute Gasteiger partial charge is 0.312 e. The van der Waals surface area contributed by atoms with Gasteiger partial charge in [0.25, 0.3) is 0 Å². The number of esters is 1. The predicted octanol–water partition coefficient (Wildman–Crippen LogP) is 4.78. The van der Waals surface area contributed by atoms with Gasteiger partial charge in [0.15, 0.2) is 17.3 Å². The number of ether oxygens (including phenoxy) is 6. The zero-order valence-electron chi connectivity index (χ0n) is 20.2. The summed E-state index contributed by atoms with van der Waals surface area (Å²) in [5.41, 5.74) is 2.55. The summed E-state index contributed by atoms with van der Waals surface area (Å²) in [6.07, 6.45) is 1.73. The standard InChI is InChI=1S/C28H24O8/c1-31-17-7-5-15(6-8-17)11-21-26(30)18-9-10-20-25(27(18)36-21)19(14-24(29)35-20)16-12-22(32-2)28(34-4)23(13-16)33-3/h5-13,19H,14H2,1-4H3/b21-11+/t19-/m1/s1. The molecule has 0 spiro atoms. The number of allylic oxidation sites excluding steroid dienone is 1.